The van der Waals surface area contributed by atoms with E-state index in [4.69, 9.17) is 0 Å². The second-order valence-electron chi connectivity index (χ2n) is 6.40. The van der Waals surface area contributed by atoms with Crippen molar-refractivity contribution >= 4 is 17.4 Å². The maximum Gasteiger partial charge on any atom is 0.317 e. The van der Waals surface area contributed by atoms with E-state index in [0.29, 0.717) is 19.5 Å². The molecule has 5 nitrogen and oxygen atoms in total. The highest BCUT2D eigenvalue weighted by molar-refractivity contribution is 7.13. The molecule has 0 aliphatic carbocycles. The first-order chi connectivity index (χ1) is 11.6. The lowest BCUT2D eigenvalue weighted by Gasteiger charge is -2.33. The van der Waals surface area contributed by atoms with Crippen LogP contribution in [0.5, 0.6) is 0 Å². The predicted molar refractivity (Wildman–Crippen MR) is 96.1 cm³/mol. The van der Waals surface area contributed by atoms with Gasteiger partial charge in [0.15, 0.2) is 0 Å². The van der Waals surface area contributed by atoms with Crippen LogP contribution < -0.4 is 5.32 Å². The minimum absolute atomic E-state index is 0.00689. The van der Waals surface area contributed by atoms with Gasteiger partial charge in [-0.25, -0.2) is 9.78 Å². The molecule has 0 unspecified atom stereocenters. The third-order valence-corrected chi connectivity index (χ3v) is 5.50. The van der Waals surface area contributed by atoms with Crippen LogP contribution in [0, 0.1) is 0 Å². The van der Waals surface area contributed by atoms with Crippen LogP contribution in [0.1, 0.15) is 25.5 Å². The first-order valence-corrected chi connectivity index (χ1v) is 9.16. The average Bonchev–Trinajstić information content (AvgIpc) is 3.23. The summed E-state index contributed by atoms with van der Waals surface area (Å²) in [6, 6.07) is 10.0. The van der Waals surface area contributed by atoms with Crippen molar-refractivity contribution in [1.29, 1.82) is 0 Å². The van der Waals surface area contributed by atoms with E-state index in [-0.39, 0.29) is 12.6 Å². The zero-order valence-corrected chi connectivity index (χ0v) is 14.7. The third-order valence-electron chi connectivity index (χ3n) is 4.56. The molecule has 1 atom stereocenters. The molecule has 128 valence electrons. The number of carbonyl (C=O) groups excluding carboxylic acids is 1. The summed E-state index contributed by atoms with van der Waals surface area (Å²) in [4.78, 5) is 18.7. The highest BCUT2D eigenvalue weighted by Crippen LogP contribution is 2.28. The lowest BCUT2D eigenvalue weighted by molar-refractivity contribution is 0.0975. The molecule has 1 aliphatic rings. The molecule has 1 saturated heterocycles. The number of aliphatic hydroxyl groups is 1. The molecule has 1 aromatic carbocycles. The fraction of sp³-hybridized carbons (Fsp3) is 0.444. The van der Waals surface area contributed by atoms with Crippen LogP contribution >= 0.6 is 11.3 Å². The topological polar surface area (TPSA) is 65.5 Å². The van der Waals surface area contributed by atoms with Gasteiger partial charge < -0.3 is 15.3 Å². The zero-order chi connectivity index (χ0) is 17.0. The normalized spacial score (nSPS) is 20.3. The molecule has 0 radical (unpaired) electrons. The van der Waals surface area contributed by atoms with Gasteiger partial charge in [-0.15, -0.1) is 11.3 Å². The van der Waals surface area contributed by atoms with Gasteiger partial charge >= 0.3 is 6.03 Å². The molecule has 1 fully saturated rings. The zero-order valence-electron chi connectivity index (χ0n) is 13.9. The van der Waals surface area contributed by atoms with Crippen molar-refractivity contribution in [3.8, 4) is 10.6 Å². The summed E-state index contributed by atoms with van der Waals surface area (Å²) in [5.74, 6) is 0. The number of nitrogens with zero attached hydrogens (tertiary/aromatic N) is 2. The van der Waals surface area contributed by atoms with Crippen LogP contribution in [0.2, 0.25) is 0 Å². The highest BCUT2D eigenvalue weighted by Gasteiger charge is 2.38. The van der Waals surface area contributed by atoms with E-state index in [1.165, 1.54) is 0 Å². The highest BCUT2D eigenvalue weighted by atomic mass is 32.1. The number of thiazole rings is 1. The molecule has 3 rings (SSSR count). The number of nitrogens with one attached hydrogen (secondary N) is 1. The van der Waals surface area contributed by atoms with Crippen molar-refractivity contribution in [2.45, 2.75) is 31.7 Å². The largest absolute Gasteiger partial charge is 0.394 e. The van der Waals surface area contributed by atoms with Crippen LogP contribution in [0.15, 0.2) is 35.7 Å². The van der Waals surface area contributed by atoms with Gasteiger partial charge in [-0.3, -0.25) is 0 Å². The van der Waals surface area contributed by atoms with Crippen molar-refractivity contribution in [2.24, 2.45) is 0 Å². The van der Waals surface area contributed by atoms with Crippen molar-refractivity contribution < 1.29 is 9.90 Å². The molecule has 2 N–H and O–H groups in total. The molecule has 6 heteroatoms. The fourth-order valence-corrected chi connectivity index (χ4v) is 3.92. The molecule has 2 heterocycles. The third kappa shape index (κ3) is 3.60. The molecular weight excluding hydrogens is 322 g/mol. The number of hydrogen-bond acceptors (Lipinski definition) is 4. The number of hydrogen-bond donors (Lipinski definition) is 2. The lowest BCUT2D eigenvalue weighted by atomic mass is 10.0. The molecule has 24 heavy (non-hydrogen) atoms. The molecule has 0 bridgehead atoms. The Kier molecular flexibility index (Phi) is 5.16. The minimum atomic E-state index is -0.425. The molecule has 2 aromatic rings. The predicted octanol–water partition coefficient (Wildman–Crippen LogP) is 2.91. The Morgan fingerprint density at radius 2 is 2.21 bits per heavy atom. The molecule has 1 aliphatic heterocycles. The number of benzene rings is 1. The Labute approximate surface area is 146 Å². The fourth-order valence-electron chi connectivity index (χ4n) is 3.06. The van der Waals surface area contributed by atoms with Gasteiger partial charge in [0, 0.05) is 30.5 Å². The number of amides is 2. The van der Waals surface area contributed by atoms with Gasteiger partial charge in [0.2, 0.25) is 0 Å². The van der Waals surface area contributed by atoms with Crippen LogP contribution in [0.25, 0.3) is 10.6 Å². The van der Waals surface area contributed by atoms with Crippen molar-refractivity contribution in [1.82, 2.24) is 15.2 Å². The Morgan fingerprint density at radius 1 is 1.42 bits per heavy atom. The standard InChI is InChI=1S/C18H23N3O2S/c1-18(13-22)9-5-11-21(18)17(23)19-10-8-15-12-24-16(20-15)14-6-3-2-4-7-14/h2-4,6-7,12,22H,5,8-11,13H2,1H3,(H,19,23)/t18-/m0/s1. The van der Waals surface area contributed by atoms with E-state index in [1.54, 1.807) is 16.2 Å². The van der Waals surface area contributed by atoms with E-state index in [1.807, 2.05) is 42.6 Å². The molecule has 2 amide bonds. The smallest absolute Gasteiger partial charge is 0.317 e. The van der Waals surface area contributed by atoms with E-state index in [0.717, 1.165) is 29.1 Å². The Morgan fingerprint density at radius 3 is 2.96 bits per heavy atom. The summed E-state index contributed by atoms with van der Waals surface area (Å²) >= 11 is 1.62. The Bertz CT molecular complexity index is 689. The van der Waals surface area contributed by atoms with Gasteiger partial charge in [-0.1, -0.05) is 30.3 Å². The Balaban J connectivity index is 1.52. The number of rotatable bonds is 5. The summed E-state index contributed by atoms with van der Waals surface area (Å²) in [5.41, 5.74) is 1.68. The van der Waals surface area contributed by atoms with Crippen molar-refractivity contribution in [2.75, 3.05) is 19.7 Å². The second kappa shape index (κ2) is 7.32. The van der Waals surface area contributed by atoms with E-state index >= 15 is 0 Å². The molecule has 1 aromatic heterocycles. The second-order valence-corrected chi connectivity index (χ2v) is 7.26. The first kappa shape index (κ1) is 16.9. The van der Waals surface area contributed by atoms with E-state index in [9.17, 15) is 9.90 Å². The first-order valence-electron chi connectivity index (χ1n) is 8.28. The lowest BCUT2D eigenvalue weighted by Crippen LogP contribution is -2.52. The van der Waals surface area contributed by atoms with Gasteiger partial charge in [-0.05, 0) is 19.8 Å². The summed E-state index contributed by atoms with van der Waals surface area (Å²) in [6.07, 6.45) is 2.50. The van der Waals surface area contributed by atoms with Gasteiger partial charge in [0.1, 0.15) is 5.01 Å². The molecular formula is C18H23N3O2S. The monoisotopic (exact) mass is 345 g/mol. The van der Waals surface area contributed by atoms with E-state index < -0.39 is 5.54 Å². The maximum atomic E-state index is 12.3. The van der Waals surface area contributed by atoms with Crippen molar-refractivity contribution in [3.63, 3.8) is 0 Å². The van der Waals surface area contributed by atoms with Gasteiger partial charge in [0.05, 0.1) is 17.8 Å². The summed E-state index contributed by atoms with van der Waals surface area (Å²) in [6.45, 7) is 3.20. The van der Waals surface area contributed by atoms with Gasteiger partial charge in [0.25, 0.3) is 0 Å². The number of carbonyl (C=O) groups is 1. The number of urea groups is 1. The van der Waals surface area contributed by atoms with Gasteiger partial charge in [-0.2, -0.15) is 0 Å². The average molecular weight is 345 g/mol. The van der Waals surface area contributed by atoms with Crippen molar-refractivity contribution in [3.05, 3.63) is 41.4 Å². The summed E-state index contributed by atoms with van der Waals surface area (Å²) in [5, 5.41) is 15.5. The molecule has 0 saturated carbocycles. The molecule has 0 spiro atoms. The quantitative estimate of drug-likeness (QED) is 0.876. The number of aromatic nitrogens is 1. The van der Waals surface area contributed by atoms with Crippen LogP contribution in [-0.2, 0) is 6.42 Å². The SMILES string of the molecule is C[C@@]1(CO)CCCN1C(=O)NCCc1csc(-c2ccccc2)n1. The van der Waals surface area contributed by atoms with Crippen LogP contribution in [0.3, 0.4) is 0 Å². The Hall–Kier alpha value is -1.92. The summed E-state index contributed by atoms with van der Waals surface area (Å²) < 4.78 is 0. The summed E-state index contributed by atoms with van der Waals surface area (Å²) in [7, 11) is 0. The van der Waals surface area contributed by atoms with E-state index in [2.05, 4.69) is 10.3 Å². The number of aliphatic hydroxyl groups excluding tert-OH is 1. The van der Waals surface area contributed by atoms with Crippen LogP contribution in [-0.4, -0.2) is 46.3 Å². The minimum Gasteiger partial charge on any atom is -0.394 e. The van der Waals surface area contributed by atoms with Crippen LogP contribution in [0.4, 0.5) is 4.79 Å². The number of likely N-dealkylation sites (tertiary alicyclic amines) is 1. The maximum absolute atomic E-state index is 12.3.